The van der Waals surface area contributed by atoms with Gasteiger partial charge in [0.2, 0.25) is 0 Å². The second kappa shape index (κ2) is 8.38. The molecule has 0 radical (unpaired) electrons. The molecule has 136 valence electrons. The van der Waals surface area contributed by atoms with E-state index in [-0.39, 0.29) is 5.91 Å². The van der Waals surface area contributed by atoms with Crippen molar-refractivity contribution in [2.75, 3.05) is 12.3 Å². The molecule has 1 atom stereocenters. The van der Waals surface area contributed by atoms with Crippen LogP contribution < -0.4 is 5.48 Å². The first-order chi connectivity index (χ1) is 12.7. The van der Waals surface area contributed by atoms with E-state index in [4.69, 9.17) is 5.21 Å². The molecule has 0 bridgehead atoms. The topological polar surface area (TPSA) is 69.6 Å². The molecule has 2 aromatic rings. The highest BCUT2D eigenvalue weighted by molar-refractivity contribution is 8.00. The lowest BCUT2D eigenvalue weighted by molar-refractivity contribution is -0.130. The molecule has 26 heavy (non-hydrogen) atoms. The molecule has 1 aliphatic rings. The third-order valence-electron chi connectivity index (χ3n) is 4.45. The Hall–Kier alpha value is -2.31. The third-order valence-corrected chi connectivity index (χ3v) is 5.65. The number of hydrogen-bond donors (Lipinski definition) is 2. The maximum absolute atomic E-state index is 13.1. The molecule has 5 nitrogen and oxygen atoms in total. The number of benzene rings is 2. The van der Waals surface area contributed by atoms with Crippen molar-refractivity contribution in [2.24, 2.45) is 0 Å². The first-order valence-corrected chi connectivity index (χ1v) is 9.75. The zero-order valence-corrected chi connectivity index (χ0v) is 15.5. The number of carbonyl (C=O) groups excluding carboxylic acids is 2. The lowest BCUT2D eigenvalue weighted by Crippen LogP contribution is -2.44. The maximum atomic E-state index is 13.1. The Bertz CT molecular complexity index is 792. The summed E-state index contributed by atoms with van der Waals surface area (Å²) >= 11 is 1.35. The molecule has 0 spiro atoms. The molecule has 2 aromatic carbocycles. The predicted molar refractivity (Wildman–Crippen MR) is 103 cm³/mol. The Morgan fingerprint density at radius 2 is 1.92 bits per heavy atom. The second-order valence-electron chi connectivity index (χ2n) is 6.19. The maximum Gasteiger partial charge on any atom is 0.276 e. The molecule has 0 aliphatic carbocycles. The highest BCUT2D eigenvalue weighted by atomic mass is 32.2. The molecule has 1 fully saturated rings. The molecular weight excluding hydrogens is 348 g/mol. The summed E-state index contributed by atoms with van der Waals surface area (Å²) in [6.07, 6.45) is 2.12. The quantitative estimate of drug-likeness (QED) is 0.626. The highest BCUT2D eigenvalue weighted by Gasteiger charge is 2.35. The smallest absolute Gasteiger partial charge is 0.276 e. The Morgan fingerprint density at radius 1 is 1.19 bits per heavy atom. The molecule has 3 rings (SSSR count). The van der Waals surface area contributed by atoms with Crippen LogP contribution in [-0.2, 0) is 11.2 Å². The minimum Gasteiger partial charge on any atom is -0.317 e. The number of hydrogen-bond acceptors (Lipinski definition) is 4. The van der Waals surface area contributed by atoms with E-state index in [1.165, 1.54) is 22.2 Å². The Kier molecular flexibility index (Phi) is 5.96. The minimum absolute atomic E-state index is 0.197. The normalized spacial score (nSPS) is 16.5. The summed E-state index contributed by atoms with van der Waals surface area (Å²) in [6.45, 7) is 2.63. The van der Waals surface area contributed by atoms with Crippen LogP contribution in [-0.4, -0.2) is 39.6 Å². The molecule has 2 N–H and O–H groups in total. The van der Waals surface area contributed by atoms with Crippen LogP contribution in [0.5, 0.6) is 0 Å². The van der Waals surface area contributed by atoms with Gasteiger partial charge in [0.1, 0.15) is 0 Å². The van der Waals surface area contributed by atoms with Gasteiger partial charge in [-0.05, 0) is 29.2 Å². The number of thioether (sulfide) groups is 1. The molecule has 1 aliphatic heterocycles. The van der Waals surface area contributed by atoms with Gasteiger partial charge in [0, 0.05) is 17.9 Å². The van der Waals surface area contributed by atoms with Crippen LogP contribution in [0.2, 0.25) is 0 Å². The average molecular weight is 370 g/mol. The zero-order chi connectivity index (χ0) is 18.5. The van der Waals surface area contributed by atoms with Crippen molar-refractivity contribution >= 4 is 23.6 Å². The Morgan fingerprint density at radius 3 is 2.62 bits per heavy atom. The summed E-state index contributed by atoms with van der Waals surface area (Å²) in [6, 6.07) is 15.7. The predicted octanol–water partition coefficient (Wildman–Crippen LogP) is 3.33. The van der Waals surface area contributed by atoms with E-state index < -0.39 is 11.3 Å². The summed E-state index contributed by atoms with van der Waals surface area (Å²) in [5.41, 5.74) is 5.32. The molecule has 0 saturated carbocycles. The van der Waals surface area contributed by atoms with E-state index in [1.807, 2.05) is 30.3 Å². The molecule has 0 unspecified atom stereocenters. The first-order valence-electron chi connectivity index (χ1n) is 8.70. The second-order valence-corrected chi connectivity index (χ2v) is 7.38. The lowest BCUT2D eigenvalue weighted by atomic mass is 9.97. The van der Waals surface area contributed by atoms with Crippen molar-refractivity contribution in [2.45, 2.75) is 25.1 Å². The highest BCUT2D eigenvalue weighted by Crippen LogP contribution is 2.30. The summed E-state index contributed by atoms with van der Waals surface area (Å²) in [5.74, 6) is -0.100. The molecular formula is C20H22N2O3S. The summed E-state index contributed by atoms with van der Waals surface area (Å²) in [4.78, 5) is 26.4. The van der Waals surface area contributed by atoms with Crippen molar-refractivity contribution in [3.63, 3.8) is 0 Å². The van der Waals surface area contributed by atoms with Gasteiger partial charge in [-0.2, -0.15) is 0 Å². The van der Waals surface area contributed by atoms with Crippen molar-refractivity contribution in [3.05, 3.63) is 59.7 Å². The number of aryl methyl sites for hydroxylation is 1. The van der Waals surface area contributed by atoms with Crippen LogP contribution in [0.25, 0.3) is 11.1 Å². The number of amides is 2. The van der Waals surface area contributed by atoms with Gasteiger partial charge in [0.15, 0.2) is 5.37 Å². The first kappa shape index (κ1) is 18.5. The van der Waals surface area contributed by atoms with Crippen LogP contribution >= 0.6 is 11.8 Å². The van der Waals surface area contributed by atoms with E-state index in [0.29, 0.717) is 17.9 Å². The molecule has 1 saturated heterocycles. The molecule has 2 amide bonds. The van der Waals surface area contributed by atoms with Crippen LogP contribution in [0.1, 0.15) is 29.3 Å². The van der Waals surface area contributed by atoms with Gasteiger partial charge in [-0.1, -0.05) is 55.8 Å². The molecule has 0 aromatic heterocycles. The van der Waals surface area contributed by atoms with Crippen LogP contribution in [0, 0.1) is 0 Å². The van der Waals surface area contributed by atoms with E-state index in [9.17, 15) is 9.59 Å². The van der Waals surface area contributed by atoms with Gasteiger partial charge in [-0.15, -0.1) is 11.8 Å². The lowest BCUT2D eigenvalue weighted by Gasteiger charge is -2.23. The van der Waals surface area contributed by atoms with E-state index in [2.05, 4.69) is 19.1 Å². The largest absolute Gasteiger partial charge is 0.317 e. The Balaban J connectivity index is 1.91. The molecule has 6 heteroatoms. The fourth-order valence-electron chi connectivity index (χ4n) is 3.17. The van der Waals surface area contributed by atoms with Gasteiger partial charge in [-0.3, -0.25) is 14.8 Å². The van der Waals surface area contributed by atoms with Crippen molar-refractivity contribution in [3.8, 4) is 11.1 Å². The van der Waals surface area contributed by atoms with Gasteiger partial charge >= 0.3 is 0 Å². The van der Waals surface area contributed by atoms with Gasteiger partial charge in [-0.25, -0.2) is 5.48 Å². The third kappa shape index (κ3) is 3.76. The Labute approximate surface area is 157 Å². The van der Waals surface area contributed by atoms with Gasteiger partial charge < -0.3 is 4.90 Å². The van der Waals surface area contributed by atoms with Gasteiger partial charge in [0.05, 0.1) is 0 Å². The average Bonchev–Trinajstić information content (AvgIpc) is 3.17. The summed E-state index contributed by atoms with van der Waals surface area (Å²) < 4.78 is 0. The van der Waals surface area contributed by atoms with Crippen molar-refractivity contribution in [1.82, 2.24) is 10.4 Å². The van der Waals surface area contributed by atoms with E-state index in [1.54, 1.807) is 11.5 Å². The van der Waals surface area contributed by atoms with E-state index in [0.717, 1.165) is 24.0 Å². The summed E-state index contributed by atoms with van der Waals surface area (Å²) in [5, 5.41) is 8.22. The monoisotopic (exact) mass is 370 g/mol. The number of carbonyl (C=O) groups is 2. The van der Waals surface area contributed by atoms with Crippen LogP contribution in [0.3, 0.4) is 0 Å². The van der Waals surface area contributed by atoms with E-state index >= 15 is 0 Å². The SMILES string of the molecule is CCCc1ccc(-c2ccccc2C(=O)N2CCS[C@H]2C(=O)NO)cc1. The minimum atomic E-state index is -0.701. The molecule has 1 heterocycles. The standard InChI is InChI=1S/C20H22N2O3S/c1-2-5-14-8-10-15(11-9-14)16-6-3-4-7-17(16)19(24)22-12-13-26-20(22)18(23)21-25/h3-4,6-11,20,25H,2,5,12-13H2,1H3,(H,21,23)/t20-/m0/s1. The van der Waals surface area contributed by atoms with Crippen molar-refractivity contribution in [1.29, 1.82) is 0 Å². The van der Waals surface area contributed by atoms with Gasteiger partial charge in [0.25, 0.3) is 11.8 Å². The zero-order valence-electron chi connectivity index (χ0n) is 14.6. The van der Waals surface area contributed by atoms with Crippen molar-refractivity contribution < 1.29 is 14.8 Å². The fourth-order valence-corrected chi connectivity index (χ4v) is 4.28. The van der Waals surface area contributed by atoms with Crippen LogP contribution in [0.15, 0.2) is 48.5 Å². The number of nitrogens with zero attached hydrogens (tertiary/aromatic N) is 1. The fraction of sp³-hybridized carbons (Fsp3) is 0.300. The van der Waals surface area contributed by atoms with Crippen LogP contribution in [0.4, 0.5) is 0 Å². The number of nitrogens with one attached hydrogen (secondary N) is 1. The number of hydroxylamine groups is 1. The summed E-state index contributed by atoms with van der Waals surface area (Å²) in [7, 11) is 0. The number of rotatable bonds is 5.